The van der Waals surface area contributed by atoms with Gasteiger partial charge in [0.1, 0.15) is 10.4 Å². The predicted octanol–water partition coefficient (Wildman–Crippen LogP) is 3.85. The Hall–Kier alpha value is -3.27. The number of fused-ring (bicyclic) bond motifs is 2. The van der Waals surface area contributed by atoms with Crippen LogP contribution in [-0.2, 0) is 4.79 Å². The number of anilines is 1. The number of aromatic nitrogens is 5. The van der Waals surface area contributed by atoms with Gasteiger partial charge in [0.05, 0.1) is 23.7 Å². The molecule has 0 aliphatic heterocycles. The van der Waals surface area contributed by atoms with Crippen molar-refractivity contribution in [2.24, 2.45) is 5.41 Å². The molecule has 170 valence electrons. The average Bonchev–Trinajstić information content (AvgIpc) is 3.37. The van der Waals surface area contributed by atoms with Crippen LogP contribution in [0.25, 0.3) is 27.6 Å². The van der Waals surface area contributed by atoms with Crippen LogP contribution >= 0.6 is 15.9 Å². The van der Waals surface area contributed by atoms with Gasteiger partial charge in [0.25, 0.3) is 0 Å². The molecule has 4 aromatic rings. The van der Waals surface area contributed by atoms with Crippen molar-refractivity contribution >= 4 is 49.7 Å². The summed E-state index contributed by atoms with van der Waals surface area (Å²) in [5.41, 5.74) is 1.97. The van der Waals surface area contributed by atoms with Crippen LogP contribution in [0.1, 0.15) is 26.2 Å². The maximum atomic E-state index is 12.3. The van der Waals surface area contributed by atoms with Crippen LogP contribution in [0, 0.1) is 5.41 Å². The summed E-state index contributed by atoms with van der Waals surface area (Å²) in [5.74, 6) is 1.34. The van der Waals surface area contributed by atoms with E-state index in [4.69, 9.17) is 9.72 Å². The summed E-state index contributed by atoms with van der Waals surface area (Å²) in [7, 11) is 3.33. The number of ether oxygens (including phenoxy) is 1. The van der Waals surface area contributed by atoms with Crippen molar-refractivity contribution in [3.63, 3.8) is 0 Å². The van der Waals surface area contributed by atoms with Gasteiger partial charge in [0.15, 0.2) is 5.65 Å². The molecule has 3 heterocycles. The molecule has 9 nitrogen and oxygen atoms in total. The van der Waals surface area contributed by atoms with Crippen LogP contribution in [0.4, 0.5) is 5.95 Å². The Bertz CT molecular complexity index is 1370. The van der Waals surface area contributed by atoms with Gasteiger partial charge in [0.2, 0.25) is 11.9 Å². The molecule has 0 bridgehead atoms. The van der Waals surface area contributed by atoms with E-state index in [1.807, 2.05) is 31.2 Å². The van der Waals surface area contributed by atoms with Crippen LogP contribution in [0.5, 0.6) is 5.75 Å². The number of nitrogens with zero attached hydrogens (tertiary/aromatic N) is 5. The normalized spacial score (nSPS) is 20.3. The monoisotopic (exact) mass is 509 g/mol. The van der Waals surface area contributed by atoms with Gasteiger partial charge in [-0.05, 0) is 59.5 Å². The predicted molar refractivity (Wildman–Crippen MR) is 130 cm³/mol. The fraction of sp³-hybridized carbons (Fsp3) is 0.348. The molecule has 1 aliphatic carbocycles. The van der Waals surface area contributed by atoms with E-state index in [9.17, 15) is 4.79 Å². The number of carbonyl (C=O) groups excluding carboxylic acids is 1. The molecule has 1 saturated carbocycles. The highest BCUT2D eigenvalue weighted by Gasteiger charge is 2.40. The molecule has 1 amide bonds. The van der Waals surface area contributed by atoms with Crippen molar-refractivity contribution in [2.75, 3.05) is 19.5 Å². The van der Waals surface area contributed by atoms with E-state index in [1.165, 1.54) is 0 Å². The molecule has 0 radical (unpaired) electrons. The van der Waals surface area contributed by atoms with E-state index in [1.54, 1.807) is 31.2 Å². The number of amides is 1. The zero-order chi connectivity index (χ0) is 23.2. The van der Waals surface area contributed by atoms with Gasteiger partial charge in [-0.15, -0.1) is 0 Å². The molecular formula is C23H24BrN7O2. The Kier molecular flexibility index (Phi) is 5.40. The Labute approximate surface area is 199 Å². The molecule has 0 unspecified atom stereocenters. The number of methoxy groups -OCH3 is 1. The van der Waals surface area contributed by atoms with E-state index in [2.05, 4.69) is 41.6 Å². The van der Waals surface area contributed by atoms with E-state index < -0.39 is 0 Å². The molecule has 2 atom stereocenters. The second kappa shape index (κ2) is 8.26. The molecular weight excluding hydrogens is 486 g/mol. The molecule has 10 heteroatoms. The molecule has 1 aromatic carbocycles. The number of benzene rings is 1. The van der Waals surface area contributed by atoms with Crippen LogP contribution < -0.4 is 15.4 Å². The van der Waals surface area contributed by atoms with Gasteiger partial charge < -0.3 is 15.4 Å². The van der Waals surface area contributed by atoms with Crippen LogP contribution in [0.15, 0.2) is 41.3 Å². The maximum absolute atomic E-state index is 12.3. The van der Waals surface area contributed by atoms with Crippen LogP contribution in [0.3, 0.4) is 0 Å². The Morgan fingerprint density at radius 1 is 1.27 bits per heavy atom. The number of hydrogen-bond acceptors (Lipinski definition) is 7. The van der Waals surface area contributed by atoms with Crippen LogP contribution in [0.2, 0.25) is 0 Å². The quantitative estimate of drug-likeness (QED) is 0.420. The fourth-order valence-corrected chi connectivity index (χ4v) is 5.03. The first kappa shape index (κ1) is 21.6. The summed E-state index contributed by atoms with van der Waals surface area (Å²) in [5, 5.41) is 12.5. The lowest BCUT2D eigenvalue weighted by molar-refractivity contribution is -0.129. The van der Waals surface area contributed by atoms with Gasteiger partial charge >= 0.3 is 0 Å². The molecule has 33 heavy (non-hydrogen) atoms. The first-order valence-corrected chi connectivity index (χ1v) is 11.5. The molecule has 2 N–H and O–H groups in total. The van der Waals surface area contributed by atoms with E-state index in [0.29, 0.717) is 16.2 Å². The van der Waals surface area contributed by atoms with Crippen molar-refractivity contribution in [3.8, 4) is 11.4 Å². The minimum atomic E-state index is -0.375. The van der Waals surface area contributed by atoms with Crippen molar-refractivity contribution in [1.29, 1.82) is 0 Å². The van der Waals surface area contributed by atoms with Crippen molar-refractivity contribution < 1.29 is 9.53 Å². The summed E-state index contributed by atoms with van der Waals surface area (Å²) in [6, 6.07) is 7.84. The van der Waals surface area contributed by atoms with Gasteiger partial charge in [-0.25, -0.2) is 9.67 Å². The smallest absolute Gasteiger partial charge is 0.225 e. The molecule has 0 saturated heterocycles. The highest BCUT2D eigenvalue weighted by Crippen LogP contribution is 2.39. The molecule has 1 fully saturated rings. The summed E-state index contributed by atoms with van der Waals surface area (Å²) < 4.78 is 7.94. The lowest BCUT2D eigenvalue weighted by atomic mass is 9.87. The van der Waals surface area contributed by atoms with E-state index in [0.717, 1.165) is 47.0 Å². The first-order chi connectivity index (χ1) is 15.9. The largest absolute Gasteiger partial charge is 0.496 e. The maximum Gasteiger partial charge on any atom is 0.225 e. The molecule has 3 aromatic heterocycles. The standard InChI is InChI=1S/C23H24BrN7O2/c1-23(21(32)25-2)8-6-13(11-23)28-22-27-12-16-19(24)30-31(20(16)29-22)14-4-5-17-15(10-14)18(33-3)7-9-26-17/h4-5,7,9-10,12-13H,6,8,11H2,1-3H3,(H,25,32)(H,27,28,29)/t13-,23-/m1/s1. The van der Waals surface area contributed by atoms with E-state index >= 15 is 0 Å². The van der Waals surface area contributed by atoms with Gasteiger partial charge in [-0.3, -0.25) is 9.78 Å². The van der Waals surface area contributed by atoms with Crippen LogP contribution in [-0.4, -0.2) is 50.8 Å². The van der Waals surface area contributed by atoms with Gasteiger partial charge in [0, 0.05) is 36.3 Å². The minimum absolute atomic E-state index is 0.0754. The molecule has 0 spiro atoms. The fourth-order valence-electron chi connectivity index (χ4n) is 4.59. The molecule has 5 rings (SSSR count). The average molecular weight is 510 g/mol. The zero-order valence-electron chi connectivity index (χ0n) is 18.6. The summed E-state index contributed by atoms with van der Waals surface area (Å²) in [6.07, 6.45) is 5.92. The number of nitrogens with one attached hydrogen (secondary N) is 2. The van der Waals surface area contributed by atoms with Crippen molar-refractivity contribution in [1.82, 2.24) is 30.0 Å². The summed E-state index contributed by atoms with van der Waals surface area (Å²) in [6.45, 7) is 2.01. The number of pyridine rings is 1. The lowest BCUT2D eigenvalue weighted by Crippen LogP contribution is -2.35. The van der Waals surface area contributed by atoms with Crippen molar-refractivity contribution in [3.05, 3.63) is 41.3 Å². The highest BCUT2D eigenvalue weighted by molar-refractivity contribution is 9.10. The summed E-state index contributed by atoms with van der Waals surface area (Å²) >= 11 is 3.53. The lowest BCUT2D eigenvalue weighted by Gasteiger charge is -2.22. The SMILES string of the molecule is CNC(=O)[C@]1(C)CC[C@@H](Nc2ncc3c(Br)nn(-c4ccc5nccc(OC)c5c4)c3n2)C1. The first-order valence-electron chi connectivity index (χ1n) is 10.7. The number of carbonyl (C=O) groups is 1. The van der Waals surface area contributed by atoms with E-state index in [-0.39, 0.29) is 17.4 Å². The topological polar surface area (TPSA) is 107 Å². The van der Waals surface area contributed by atoms with Gasteiger partial charge in [-0.2, -0.15) is 10.1 Å². The Morgan fingerprint density at radius 3 is 2.91 bits per heavy atom. The minimum Gasteiger partial charge on any atom is -0.496 e. The summed E-state index contributed by atoms with van der Waals surface area (Å²) in [4.78, 5) is 25.9. The molecule has 1 aliphatic rings. The number of rotatable bonds is 5. The Balaban J connectivity index is 1.50. The third-order valence-corrected chi connectivity index (χ3v) is 6.96. The third-order valence-electron chi connectivity index (χ3n) is 6.38. The number of hydrogen-bond donors (Lipinski definition) is 2. The second-order valence-electron chi connectivity index (χ2n) is 8.57. The number of halogens is 1. The second-order valence-corrected chi connectivity index (χ2v) is 9.32. The Morgan fingerprint density at radius 2 is 2.12 bits per heavy atom. The van der Waals surface area contributed by atoms with Gasteiger partial charge in [-0.1, -0.05) is 6.92 Å². The third kappa shape index (κ3) is 3.78. The zero-order valence-corrected chi connectivity index (χ0v) is 20.2. The van der Waals surface area contributed by atoms with Crippen molar-refractivity contribution in [2.45, 2.75) is 32.2 Å². The highest BCUT2D eigenvalue weighted by atomic mass is 79.9.